The molecule has 0 spiro atoms. The molecule has 0 nitrogen and oxygen atoms in total. The first kappa shape index (κ1) is 6.77. The van der Waals surface area contributed by atoms with Crippen LogP contribution in [0.25, 0.3) is 0 Å². The van der Waals surface area contributed by atoms with Crippen molar-refractivity contribution in [2.45, 2.75) is 19.3 Å². The molecule has 0 aromatic rings. The van der Waals surface area contributed by atoms with Crippen LogP contribution >= 0.6 is 0 Å². The van der Waals surface area contributed by atoms with Crippen molar-refractivity contribution >= 4 is 23.1 Å². The largest absolute Gasteiger partial charge is 0.316 e. The summed E-state index contributed by atoms with van der Waals surface area (Å²) < 4.78 is 0. The molecule has 33 valence electrons. The lowest BCUT2D eigenvalue weighted by molar-refractivity contribution is 0.384. The molecule has 0 atom stereocenters. The molecule has 1 rings (SSSR count). The molecule has 1 aliphatic rings. The van der Waals surface area contributed by atoms with Gasteiger partial charge in [-0.05, 0) is 5.92 Å². The first-order valence-electron chi connectivity index (χ1n) is 2.22. The summed E-state index contributed by atoms with van der Waals surface area (Å²) in [4.78, 5) is 0. The average molecular weight is 95.4 g/mol. The fourth-order valence-corrected chi connectivity index (χ4v) is 0.493. The van der Waals surface area contributed by atoms with E-state index in [9.17, 15) is 0 Å². The molecule has 0 saturated heterocycles. The highest BCUT2D eigenvalue weighted by molar-refractivity contribution is 5.75. The predicted octanol–water partition coefficient (Wildman–Crippen LogP) is 0.704. The highest BCUT2D eigenvalue weighted by atomic mass is 24.3. The van der Waals surface area contributed by atoms with Crippen LogP contribution in [0.5, 0.6) is 0 Å². The van der Waals surface area contributed by atoms with Crippen LogP contribution in [0.4, 0.5) is 0 Å². The lowest BCUT2D eigenvalue weighted by Gasteiger charge is -2.18. The van der Waals surface area contributed by atoms with Gasteiger partial charge in [0.25, 0.3) is 0 Å². The molecule has 1 fully saturated rings. The van der Waals surface area contributed by atoms with Crippen LogP contribution in [0, 0.1) is 12.8 Å². The standard InChI is InChI=1S/C5H9.Mg.2H/c1-5-3-2-4-5;;;/h5H,1-4H2;;;. The van der Waals surface area contributed by atoms with Crippen LogP contribution in [0.2, 0.25) is 0 Å². The van der Waals surface area contributed by atoms with Crippen molar-refractivity contribution in [1.82, 2.24) is 0 Å². The zero-order chi connectivity index (χ0) is 3.70. The Morgan fingerprint density at radius 3 is 1.67 bits per heavy atom. The second-order valence-electron chi connectivity index (χ2n) is 1.80. The van der Waals surface area contributed by atoms with Gasteiger partial charge in [-0.2, -0.15) is 0 Å². The fourth-order valence-electron chi connectivity index (χ4n) is 0.493. The van der Waals surface area contributed by atoms with Gasteiger partial charge in [0, 0.05) is 0 Å². The van der Waals surface area contributed by atoms with Crippen LogP contribution in [0.1, 0.15) is 19.3 Å². The maximum absolute atomic E-state index is 3.84. The molecule has 0 aliphatic heterocycles. The zero-order valence-electron chi connectivity index (χ0n) is 3.41. The zero-order valence-corrected chi connectivity index (χ0v) is 3.41. The Balaban J connectivity index is 0.000000250. The second-order valence-corrected chi connectivity index (χ2v) is 1.80. The highest BCUT2D eigenvalue weighted by Crippen LogP contribution is 2.23. The summed E-state index contributed by atoms with van der Waals surface area (Å²) in [5, 5.41) is 0. The molecule has 0 aromatic carbocycles. The lowest BCUT2D eigenvalue weighted by atomic mass is 9.88. The number of hydrogen-bond acceptors (Lipinski definition) is 0. The SMILES string of the molecule is [CH2]C1CCC1.[MgH2]. The quantitative estimate of drug-likeness (QED) is 0.389. The summed E-state index contributed by atoms with van der Waals surface area (Å²) in [5.74, 6) is 0.815. The molecular formula is C5H11Mg. The van der Waals surface area contributed by atoms with Crippen LogP contribution in [-0.4, -0.2) is 23.1 Å². The van der Waals surface area contributed by atoms with E-state index in [1.165, 1.54) is 19.3 Å². The summed E-state index contributed by atoms with van der Waals surface area (Å²) in [7, 11) is 0. The summed E-state index contributed by atoms with van der Waals surface area (Å²) >= 11 is 0. The molecule has 0 amide bonds. The van der Waals surface area contributed by atoms with E-state index in [-0.39, 0.29) is 23.1 Å². The number of rotatable bonds is 0. The Labute approximate surface area is 55.5 Å². The smallest absolute Gasteiger partial charge is 0.0528 e. The van der Waals surface area contributed by atoms with Crippen molar-refractivity contribution in [2.24, 2.45) is 5.92 Å². The monoisotopic (exact) mass is 95.1 g/mol. The van der Waals surface area contributed by atoms with Crippen molar-refractivity contribution in [3.63, 3.8) is 0 Å². The first-order chi connectivity index (χ1) is 2.39. The molecule has 1 heteroatoms. The van der Waals surface area contributed by atoms with Gasteiger partial charge in [-0.3, -0.25) is 0 Å². The van der Waals surface area contributed by atoms with Crippen LogP contribution in [-0.2, 0) is 0 Å². The summed E-state index contributed by atoms with van der Waals surface area (Å²) in [6.45, 7) is 3.84. The van der Waals surface area contributed by atoms with Gasteiger partial charge in [0.2, 0.25) is 0 Å². The van der Waals surface area contributed by atoms with E-state index in [0.717, 1.165) is 5.92 Å². The Hall–Kier alpha value is 0.766. The van der Waals surface area contributed by atoms with E-state index in [0.29, 0.717) is 0 Å². The minimum Gasteiger partial charge on any atom is -0.0528 e. The summed E-state index contributed by atoms with van der Waals surface area (Å²) in [6.07, 6.45) is 4.17. The fraction of sp³-hybridized carbons (Fsp3) is 0.800. The topological polar surface area (TPSA) is 0 Å². The van der Waals surface area contributed by atoms with Gasteiger partial charge in [0.15, 0.2) is 0 Å². The molecule has 0 unspecified atom stereocenters. The highest BCUT2D eigenvalue weighted by Gasteiger charge is 2.09. The van der Waals surface area contributed by atoms with Gasteiger partial charge in [-0.1, -0.05) is 26.2 Å². The molecule has 1 saturated carbocycles. The minimum absolute atomic E-state index is 0. The van der Waals surface area contributed by atoms with Gasteiger partial charge >= 0.3 is 23.1 Å². The van der Waals surface area contributed by atoms with E-state index in [1.807, 2.05) is 0 Å². The van der Waals surface area contributed by atoms with E-state index in [2.05, 4.69) is 6.92 Å². The van der Waals surface area contributed by atoms with Crippen LogP contribution < -0.4 is 0 Å². The van der Waals surface area contributed by atoms with Gasteiger partial charge in [0.1, 0.15) is 0 Å². The van der Waals surface area contributed by atoms with E-state index in [4.69, 9.17) is 0 Å². The molecule has 6 heavy (non-hydrogen) atoms. The Morgan fingerprint density at radius 2 is 1.67 bits per heavy atom. The second kappa shape index (κ2) is 2.86. The van der Waals surface area contributed by atoms with Gasteiger partial charge in [-0.15, -0.1) is 0 Å². The van der Waals surface area contributed by atoms with E-state index in [1.54, 1.807) is 0 Å². The molecule has 1 radical (unpaired) electrons. The third kappa shape index (κ3) is 1.48. The molecule has 0 bridgehead atoms. The Kier molecular flexibility index (Phi) is 3.23. The Bertz CT molecular complexity index is 30.9. The van der Waals surface area contributed by atoms with Crippen LogP contribution in [0.15, 0.2) is 0 Å². The third-order valence-electron chi connectivity index (χ3n) is 1.22. The van der Waals surface area contributed by atoms with E-state index >= 15 is 0 Å². The van der Waals surface area contributed by atoms with Crippen molar-refractivity contribution in [2.75, 3.05) is 0 Å². The van der Waals surface area contributed by atoms with Crippen molar-refractivity contribution < 1.29 is 0 Å². The average Bonchev–Trinajstić information content (AvgIpc) is 1.30. The molecule has 0 aromatic heterocycles. The van der Waals surface area contributed by atoms with Crippen molar-refractivity contribution in [3.05, 3.63) is 6.92 Å². The Morgan fingerprint density at radius 1 is 1.33 bits per heavy atom. The van der Waals surface area contributed by atoms with Crippen molar-refractivity contribution in [3.8, 4) is 0 Å². The van der Waals surface area contributed by atoms with Crippen LogP contribution in [0.3, 0.4) is 0 Å². The third-order valence-corrected chi connectivity index (χ3v) is 1.22. The number of hydrogen-bond donors (Lipinski definition) is 0. The summed E-state index contributed by atoms with van der Waals surface area (Å²) in [5.41, 5.74) is 0. The van der Waals surface area contributed by atoms with Crippen molar-refractivity contribution in [1.29, 1.82) is 0 Å². The lowest BCUT2D eigenvalue weighted by Crippen LogP contribution is -2.04. The normalized spacial score (nSPS) is 21.5. The van der Waals surface area contributed by atoms with E-state index < -0.39 is 0 Å². The molecule has 0 N–H and O–H groups in total. The molecule has 1 aliphatic carbocycles. The maximum atomic E-state index is 3.84. The molecule has 0 heterocycles. The first-order valence-corrected chi connectivity index (χ1v) is 2.22. The predicted molar refractivity (Wildman–Crippen MR) is 31.2 cm³/mol. The maximum Gasteiger partial charge on any atom is 0.316 e. The molecular weight excluding hydrogens is 84.4 g/mol. The van der Waals surface area contributed by atoms with Gasteiger partial charge < -0.3 is 0 Å². The van der Waals surface area contributed by atoms with Gasteiger partial charge in [0.05, 0.1) is 0 Å². The minimum atomic E-state index is 0. The van der Waals surface area contributed by atoms with Gasteiger partial charge in [-0.25, -0.2) is 0 Å². The summed E-state index contributed by atoms with van der Waals surface area (Å²) in [6, 6.07) is 0.